The molecule has 8 nitrogen and oxygen atoms in total. The van der Waals surface area contributed by atoms with Crippen molar-refractivity contribution in [1.82, 2.24) is 15.6 Å². The van der Waals surface area contributed by atoms with E-state index >= 15 is 0 Å². The van der Waals surface area contributed by atoms with Gasteiger partial charge in [-0.1, -0.05) is 12.1 Å². The molecule has 0 unspecified atom stereocenters. The standard InChI is InChI=1S/C20H22N4O4/c1-28-16-6-4-5-15(12-16)24-13-14(11-18(24)25)19(26)22-9-10-23-20(27)17-7-2-3-8-21-17/h2-8,12,14H,9-11,13H2,1H3,(H,22,26)(H,23,27)/t14-/m1/s1. The summed E-state index contributed by atoms with van der Waals surface area (Å²) in [7, 11) is 1.56. The normalized spacial score (nSPS) is 16.0. The third kappa shape index (κ3) is 4.64. The molecule has 1 aromatic heterocycles. The van der Waals surface area contributed by atoms with Gasteiger partial charge in [-0.25, -0.2) is 0 Å². The van der Waals surface area contributed by atoms with Crippen LogP contribution in [0.5, 0.6) is 5.75 Å². The minimum absolute atomic E-state index is 0.100. The number of ether oxygens (including phenoxy) is 1. The Bertz CT molecular complexity index is 856. The predicted molar refractivity (Wildman–Crippen MR) is 103 cm³/mol. The predicted octanol–water partition coefficient (Wildman–Crippen LogP) is 0.989. The lowest BCUT2D eigenvalue weighted by Gasteiger charge is -2.17. The zero-order valence-electron chi connectivity index (χ0n) is 15.6. The molecule has 0 aliphatic carbocycles. The average Bonchev–Trinajstić information content (AvgIpc) is 3.13. The van der Waals surface area contributed by atoms with Gasteiger partial charge >= 0.3 is 0 Å². The van der Waals surface area contributed by atoms with Gasteiger partial charge in [-0.05, 0) is 24.3 Å². The lowest BCUT2D eigenvalue weighted by molar-refractivity contribution is -0.126. The second-order valence-corrected chi connectivity index (χ2v) is 6.37. The first-order valence-electron chi connectivity index (χ1n) is 9.00. The van der Waals surface area contributed by atoms with E-state index in [4.69, 9.17) is 4.74 Å². The van der Waals surface area contributed by atoms with Gasteiger partial charge in [0.25, 0.3) is 5.91 Å². The molecule has 1 aromatic carbocycles. The van der Waals surface area contributed by atoms with E-state index in [0.717, 1.165) is 0 Å². The monoisotopic (exact) mass is 382 g/mol. The zero-order valence-corrected chi connectivity index (χ0v) is 15.6. The Morgan fingerprint density at radius 2 is 2.00 bits per heavy atom. The van der Waals surface area contributed by atoms with Crippen LogP contribution >= 0.6 is 0 Å². The van der Waals surface area contributed by atoms with E-state index in [1.165, 1.54) is 0 Å². The largest absolute Gasteiger partial charge is 0.497 e. The van der Waals surface area contributed by atoms with E-state index < -0.39 is 5.92 Å². The van der Waals surface area contributed by atoms with Crippen molar-refractivity contribution in [3.63, 3.8) is 0 Å². The second kappa shape index (κ2) is 8.98. The quantitative estimate of drug-likeness (QED) is 0.696. The maximum absolute atomic E-state index is 12.4. The van der Waals surface area contributed by atoms with Crippen molar-refractivity contribution in [2.45, 2.75) is 6.42 Å². The average molecular weight is 382 g/mol. The molecule has 0 saturated carbocycles. The molecule has 28 heavy (non-hydrogen) atoms. The molecule has 2 aromatic rings. The number of nitrogens with zero attached hydrogens (tertiary/aromatic N) is 2. The Morgan fingerprint density at radius 1 is 1.18 bits per heavy atom. The molecule has 0 radical (unpaired) electrons. The summed E-state index contributed by atoms with van der Waals surface area (Å²) in [5, 5.41) is 5.46. The number of carbonyl (C=O) groups is 3. The SMILES string of the molecule is COc1cccc(N2C[C@H](C(=O)NCCNC(=O)c3ccccn3)CC2=O)c1. The minimum Gasteiger partial charge on any atom is -0.497 e. The molecule has 3 rings (SSSR count). The molecule has 0 bridgehead atoms. The van der Waals surface area contributed by atoms with E-state index in [1.54, 1.807) is 54.6 Å². The molecule has 8 heteroatoms. The van der Waals surface area contributed by atoms with Gasteiger partial charge in [-0.2, -0.15) is 0 Å². The number of hydrogen-bond acceptors (Lipinski definition) is 5. The van der Waals surface area contributed by atoms with Crippen molar-refractivity contribution >= 4 is 23.4 Å². The van der Waals surface area contributed by atoms with Gasteiger partial charge in [0.05, 0.1) is 13.0 Å². The number of nitrogens with one attached hydrogen (secondary N) is 2. The fourth-order valence-corrected chi connectivity index (χ4v) is 3.00. The van der Waals surface area contributed by atoms with E-state index in [9.17, 15) is 14.4 Å². The highest BCUT2D eigenvalue weighted by atomic mass is 16.5. The van der Waals surface area contributed by atoms with Crippen LogP contribution in [0.3, 0.4) is 0 Å². The summed E-state index contributed by atoms with van der Waals surface area (Å²) >= 11 is 0. The smallest absolute Gasteiger partial charge is 0.269 e. The topological polar surface area (TPSA) is 101 Å². The summed E-state index contributed by atoms with van der Waals surface area (Å²) in [5.74, 6) is -0.371. The maximum atomic E-state index is 12.4. The first-order chi connectivity index (χ1) is 13.6. The molecular weight excluding hydrogens is 360 g/mol. The van der Waals surface area contributed by atoms with Crippen LogP contribution < -0.4 is 20.3 Å². The van der Waals surface area contributed by atoms with Crippen LogP contribution in [-0.4, -0.2) is 49.4 Å². The number of rotatable bonds is 7. The van der Waals surface area contributed by atoms with Crippen LogP contribution in [0.2, 0.25) is 0 Å². The number of benzene rings is 1. The Balaban J connectivity index is 1.46. The van der Waals surface area contributed by atoms with E-state index in [-0.39, 0.29) is 37.2 Å². The number of methoxy groups -OCH3 is 1. The molecule has 0 spiro atoms. The Labute approximate surface area is 162 Å². The van der Waals surface area contributed by atoms with Crippen molar-refractivity contribution in [2.24, 2.45) is 5.92 Å². The highest BCUT2D eigenvalue weighted by Crippen LogP contribution is 2.27. The van der Waals surface area contributed by atoms with Crippen LogP contribution in [-0.2, 0) is 9.59 Å². The van der Waals surface area contributed by atoms with Gasteiger partial charge in [-0.15, -0.1) is 0 Å². The van der Waals surface area contributed by atoms with Crippen molar-refractivity contribution in [3.8, 4) is 5.75 Å². The van der Waals surface area contributed by atoms with Crippen LogP contribution in [0, 0.1) is 5.92 Å². The maximum Gasteiger partial charge on any atom is 0.269 e. The second-order valence-electron chi connectivity index (χ2n) is 6.37. The molecule has 1 aliphatic rings. The highest BCUT2D eigenvalue weighted by molar-refractivity contribution is 6.00. The number of pyridine rings is 1. The lowest BCUT2D eigenvalue weighted by atomic mass is 10.1. The van der Waals surface area contributed by atoms with Crippen molar-refractivity contribution < 1.29 is 19.1 Å². The van der Waals surface area contributed by atoms with E-state index in [0.29, 0.717) is 23.7 Å². The van der Waals surface area contributed by atoms with Crippen LogP contribution in [0.4, 0.5) is 5.69 Å². The van der Waals surface area contributed by atoms with Crippen molar-refractivity contribution in [3.05, 3.63) is 54.4 Å². The summed E-state index contributed by atoms with van der Waals surface area (Å²) < 4.78 is 5.18. The molecule has 1 atom stereocenters. The summed E-state index contributed by atoms with van der Waals surface area (Å²) in [4.78, 5) is 42.1. The highest BCUT2D eigenvalue weighted by Gasteiger charge is 2.35. The molecule has 1 fully saturated rings. The van der Waals surface area contributed by atoms with Crippen LogP contribution in [0.25, 0.3) is 0 Å². The molecule has 2 N–H and O–H groups in total. The van der Waals surface area contributed by atoms with E-state index in [2.05, 4.69) is 15.6 Å². The number of aromatic nitrogens is 1. The Hall–Kier alpha value is -3.42. The van der Waals surface area contributed by atoms with Gasteiger partial charge in [0, 0.05) is 44.0 Å². The molecule has 3 amide bonds. The summed E-state index contributed by atoms with van der Waals surface area (Å²) in [6.45, 7) is 0.876. The number of amides is 3. The molecule has 1 aliphatic heterocycles. The van der Waals surface area contributed by atoms with Gasteiger partial charge in [0.2, 0.25) is 11.8 Å². The third-order valence-electron chi connectivity index (χ3n) is 4.47. The fraction of sp³-hybridized carbons (Fsp3) is 0.300. The third-order valence-corrected chi connectivity index (χ3v) is 4.47. The van der Waals surface area contributed by atoms with Crippen molar-refractivity contribution in [2.75, 3.05) is 31.6 Å². The van der Waals surface area contributed by atoms with E-state index in [1.807, 2.05) is 6.07 Å². The first kappa shape index (κ1) is 19.3. The summed E-state index contributed by atoms with van der Waals surface area (Å²) in [6.07, 6.45) is 1.70. The molecule has 146 valence electrons. The van der Waals surface area contributed by atoms with Crippen LogP contribution in [0.1, 0.15) is 16.9 Å². The first-order valence-corrected chi connectivity index (χ1v) is 9.00. The van der Waals surface area contributed by atoms with Gasteiger partial charge in [0.15, 0.2) is 0 Å². The summed E-state index contributed by atoms with van der Waals surface area (Å²) in [5.41, 5.74) is 1.03. The minimum atomic E-state index is -0.426. The number of carbonyl (C=O) groups excluding carboxylic acids is 3. The van der Waals surface area contributed by atoms with Gasteiger partial charge in [-0.3, -0.25) is 19.4 Å². The Morgan fingerprint density at radius 3 is 2.75 bits per heavy atom. The fourth-order valence-electron chi connectivity index (χ4n) is 3.00. The molecule has 2 heterocycles. The van der Waals surface area contributed by atoms with Gasteiger partial charge in [0.1, 0.15) is 11.4 Å². The zero-order chi connectivity index (χ0) is 19.9. The number of hydrogen-bond donors (Lipinski definition) is 2. The molecule has 1 saturated heterocycles. The Kier molecular flexibility index (Phi) is 6.21. The number of anilines is 1. The van der Waals surface area contributed by atoms with Gasteiger partial charge < -0.3 is 20.3 Å². The summed E-state index contributed by atoms with van der Waals surface area (Å²) in [6, 6.07) is 12.3. The lowest BCUT2D eigenvalue weighted by Crippen LogP contribution is -2.38. The molecular formula is C20H22N4O4. The van der Waals surface area contributed by atoms with Crippen molar-refractivity contribution in [1.29, 1.82) is 0 Å². The van der Waals surface area contributed by atoms with Crippen LogP contribution in [0.15, 0.2) is 48.7 Å².